The van der Waals surface area contributed by atoms with Crippen LogP contribution in [0.1, 0.15) is 21.9 Å². The molecule has 2 N–H and O–H groups in total. The highest BCUT2D eigenvalue weighted by Crippen LogP contribution is 2.24. The highest BCUT2D eigenvalue weighted by molar-refractivity contribution is 6.09. The van der Waals surface area contributed by atoms with Gasteiger partial charge in [-0.25, -0.2) is 4.98 Å². The average Bonchev–Trinajstić information content (AvgIpc) is 2.76. The molecule has 0 aliphatic rings. The van der Waals surface area contributed by atoms with E-state index in [0.717, 1.165) is 0 Å². The normalized spacial score (nSPS) is 10.2. The number of phenolic OH excluding ortho intramolecular Hbond substituents is 1. The molecule has 2 aromatic rings. The zero-order valence-electron chi connectivity index (χ0n) is 9.52. The van der Waals surface area contributed by atoms with E-state index in [1.807, 2.05) is 0 Å². The summed E-state index contributed by atoms with van der Waals surface area (Å²) >= 11 is 0. The minimum atomic E-state index is -0.318. The molecule has 0 bridgehead atoms. The van der Waals surface area contributed by atoms with Crippen molar-refractivity contribution in [2.24, 2.45) is 0 Å². The molecule has 1 heterocycles. The van der Waals surface area contributed by atoms with Crippen LogP contribution < -0.4 is 4.74 Å². The highest BCUT2D eigenvalue weighted by Gasteiger charge is 2.16. The third-order valence-electron chi connectivity index (χ3n) is 2.40. The molecule has 0 saturated carbocycles. The minimum Gasteiger partial charge on any atom is -0.507 e. The van der Waals surface area contributed by atoms with E-state index in [1.54, 1.807) is 13.0 Å². The van der Waals surface area contributed by atoms with Crippen molar-refractivity contribution >= 4 is 5.78 Å². The van der Waals surface area contributed by atoms with Gasteiger partial charge >= 0.3 is 0 Å². The maximum absolute atomic E-state index is 12.1. The summed E-state index contributed by atoms with van der Waals surface area (Å²) in [7, 11) is 1.50. The number of aromatic hydroxyl groups is 1. The van der Waals surface area contributed by atoms with Crippen LogP contribution in [-0.2, 0) is 0 Å². The molecule has 0 amide bonds. The molecule has 0 aliphatic carbocycles. The SMILES string of the molecule is COc1ccc(O)c(C(=O)c2cnc(C)[nH]2)c1. The topological polar surface area (TPSA) is 75.2 Å². The second-order valence-corrected chi connectivity index (χ2v) is 3.59. The van der Waals surface area contributed by atoms with E-state index >= 15 is 0 Å². The summed E-state index contributed by atoms with van der Waals surface area (Å²) in [6.45, 7) is 1.75. The number of H-pyrrole nitrogens is 1. The van der Waals surface area contributed by atoms with Crippen LogP contribution in [-0.4, -0.2) is 28.0 Å². The van der Waals surface area contributed by atoms with E-state index in [4.69, 9.17) is 4.74 Å². The largest absolute Gasteiger partial charge is 0.507 e. The number of imidazole rings is 1. The van der Waals surface area contributed by atoms with Crippen molar-refractivity contribution in [3.8, 4) is 11.5 Å². The van der Waals surface area contributed by atoms with E-state index in [2.05, 4.69) is 9.97 Å². The Labute approximate surface area is 98.1 Å². The number of aryl methyl sites for hydroxylation is 1. The van der Waals surface area contributed by atoms with E-state index in [1.165, 1.54) is 25.4 Å². The monoisotopic (exact) mass is 232 g/mol. The zero-order chi connectivity index (χ0) is 12.4. The summed E-state index contributed by atoms with van der Waals surface area (Å²) in [6.07, 6.45) is 1.44. The van der Waals surface area contributed by atoms with Gasteiger partial charge in [0.25, 0.3) is 0 Å². The minimum absolute atomic E-state index is 0.0805. The highest BCUT2D eigenvalue weighted by atomic mass is 16.5. The number of methoxy groups -OCH3 is 1. The fourth-order valence-electron chi connectivity index (χ4n) is 1.51. The summed E-state index contributed by atoms with van der Waals surface area (Å²) in [4.78, 5) is 18.8. The van der Waals surface area contributed by atoms with E-state index < -0.39 is 0 Å². The van der Waals surface area contributed by atoms with Crippen LogP contribution in [0.5, 0.6) is 11.5 Å². The summed E-state index contributed by atoms with van der Waals surface area (Å²) in [5.41, 5.74) is 0.527. The van der Waals surface area contributed by atoms with Crippen molar-refractivity contribution in [3.63, 3.8) is 0 Å². The fourth-order valence-corrected chi connectivity index (χ4v) is 1.51. The summed E-state index contributed by atoms with van der Waals surface area (Å²) in [6, 6.07) is 4.51. The molecule has 2 rings (SSSR count). The van der Waals surface area contributed by atoms with Crippen molar-refractivity contribution in [3.05, 3.63) is 41.5 Å². The predicted molar refractivity (Wildman–Crippen MR) is 61.4 cm³/mol. The molecule has 0 spiro atoms. The number of benzene rings is 1. The van der Waals surface area contributed by atoms with Gasteiger partial charge < -0.3 is 14.8 Å². The van der Waals surface area contributed by atoms with Crippen molar-refractivity contribution < 1.29 is 14.6 Å². The molecule has 5 nitrogen and oxygen atoms in total. The molecular formula is C12H12N2O3. The Kier molecular flexibility index (Phi) is 2.82. The molecule has 0 saturated heterocycles. The van der Waals surface area contributed by atoms with Gasteiger partial charge in [0, 0.05) is 0 Å². The zero-order valence-corrected chi connectivity index (χ0v) is 9.52. The van der Waals surface area contributed by atoms with Crippen molar-refractivity contribution in [2.75, 3.05) is 7.11 Å². The number of rotatable bonds is 3. The molecule has 1 aromatic heterocycles. The molecule has 5 heteroatoms. The van der Waals surface area contributed by atoms with Crippen LogP contribution in [0.25, 0.3) is 0 Å². The first-order chi connectivity index (χ1) is 8.11. The quantitative estimate of drug-likeness (QED) is 0.789. The number of nitrogens with zero attached hydrogens (tertiary/aromatic N) is 1. The fraction of sp³-hybridized carbons (Fsp3) is 0.167. The maximum atomic E-state index is 12.1. The smallest absolute Gasteiger partial charge is 0.214 e. The standard InChI is InChI=1S/C12H12N2O3/c1-7-13-6-10(14-7)12(16)9-5-8(17-2)3-4-11(9)15/h3-6,15H,1-2H3,(H,13,14). The molecule has 0 radical (unpaired) electrons. The Bertz CT molecular complexity index is 561. The van der Waals surface area contributed by atoms with Gasteiger partial charge in [0.2, 0.25) is 5.78 Å². The number of carbonyl (C=O) groups excluding carboxylic acids is 1. The van der Waals surface area contributed by atoms with Gasteiger partial charge in [0.1, 0.15) is 23.0 Å². The van der Waals surface area contributed by atoms with Crippen LogP contribution in [0.2, 0.25) is 0 Å². The van der Waals surface area contributed by atoms with Crippen molar-refractivity contribution in [2.45, 2.75) is 6.92 Å². The van der Waals surface area contributed by atoms with Gasteiger partial charge in [0.05, 0.1) is 18.9 Å². The molecule has 88 valence electrons. The van der Waals surface area contributed by atoms with Crippen LogP contribution in [0, 0.1) is 6.92 Å². The van der Waals surface area contributed by atoms with Crippen molar-refractivity contribution in [1.29, 1.82) is 0 Å². The third kappa shape index (κ3) is 2.13. The van der Waals surface area contributed by atoms with Crippen LogP contribution in [0.3, 0.4) is 0 Å². The first kappa shape index (κ1) is 11.2. The Morgan fingerprint density at radius 2 is 2.24 bits per heavy atom. The number of aromatic amines is 1. The van der Waals surface area contributed by atoms with Crippen molar-refractivity contribution in [1.82, 2.24) is 9.97 Å². The van der Waals surface area contributed by atoms with E-state index in [0.29, 0.717) is 17.3 Å². The number of ether oxygens (including phenoxy) is 1. The number of hydrogen-bond donors (Lipinski definition) is 2. The summed E-state index contributed by atoms with van der Waals surface area (Å²) < 4.78 is 5.01. The summed E-state index contributed by atoms with van der Waals surface area (Å²) in [5.74, 6) is 0.767. The number of ketones is 1. The van der Waals surface area contributed by atoms with Gasteiger partial charge in [-0.05, 0) is 25.1 Å². The number of hydrogen-bond acceptors (Lipinski definition) is 4. The lowest BCUT2D eigenvalue weighted by Gasteiger charge is -2.05. The van der Waals surface area contributed by atoms with Gasteiger partial charge in [-0.1, -0.05) is 0 Å². The van der Waals surface area contributed by atoms with E-state index in [-0.39, 0.29) is 17.1 Å². The molecule has 0 fully saturated rings. The second kappa shape index (κ2) is 4.29. The molecule has 0 aliphatic heterocycles. The Morgan fingerprint density at radius 1 is 1.47 bits per heavy atom. The second-order valence-electron chi connectivity index (χ2n) is 3.59. The third-order valence-corrected chi connectivity index (χ3v) is 2.40. The van der Waals surface area contributed by atoms with Gasteiger partial charge in [0.15, 0.2) is 0 Å². The molecule has 0 unspecified atom stereocenters. The van der Waals surface area contributed by atoms with Crippen LogP contribution in [0.4, 0.5) is 0 Å². The van der Waals surface area contributed by atoms with Crippen LogP contribution in [0.15, 0.2) is 24.4 Å². The lowest BCUT2D eigenvalue weighted by Crippen LogP contribution is -2.02. The summed E-state index contributed by atoms with van der Waals surface area (Å²) in [5, 5.41) is 9.66. The lowest BCUT2D eigenvalue weighted by atomic mass is 10.1. The Balaban J connectivity index is 2.43. The number of aromatic nitrogens is 2. The Morgan fingerprint density at radius 3 is 2.82 bits per heavy atom. The molecular weight excluding hydrogens is 220 g/mol. The molecule has 0 atom stereocenters. The maximum Gasteiger partial charge on any atom is 0.214 e. The number of phenols is 1. The Hall–Kier alpha value is -2.30. The number of carbonyl (C=O) groups is 1. The first-order valence-corrected chi connectivity index (χ1v) is 5.05. The first-order valence-electron chi connectivity index (χ1n) is 5.05. The van der Waals surface area contributed by atoms with Crippen LogP contribution >= 0.6 is 0 Å². The molecule has 1 aromatic carbocycles. The van der Waals surface area contributed by atoms with Gasteiger partial charge in [-0.15, -0.1) is 0 Å². The predicted octanol–water partition coefficient (Wildman–Crippen LogP) is 1.66. The van der Waals surface area contributed by atoms with Gasteiger partial charge in [-0.2, -0.15) is 0 Å². The molecule has 17 heavy (non-hydrogen) atoms. The van der Waals surface area contributed by atoms with E-state index in [9.17, 15) is 9.90 Å². The lowest BCUT2D eigenvalue weighted by molar-refractivity contribution is 0.103. The number of nitrogens with one attached hydrogen (secondary N) is 1. The average molecular weight is 232 g/mol. The van der Waals surface area contributed by atoms with Gasteiger partial charge in [-0.3, -0.25) is 4.79 Å².